The van der Waals surface area contributed by atoms with Gasteiger partial charge in [-0.2, -0.15) is 0 Å². The van der Waals surface area contributed by atoms with Crippen molar-refractivity contribution in [1.29, 1.82) is 0 Å². The number of nitrogens with zero attached hydrogens (tertiary/aromatic N) is 2. The number of rotatable bonds is 4. The molecule has 11 aromatic rings. The maximum absolute atomic E-state index is 6.23. The van der Waals surface area contributed by atoms with E-state index in [0.29, 0.717) is 0 Å². The lowest BCUT2D eigenvalue weighted by atomic mass is 9.33. The van der Waals surface area contributed by atoms with Gasteiger partial charge in [0, 0.05) is 74.8 Å². The van der Waals surface area contributed by atoms with E-state index in [1.165, 1.54) is 124 Å². The first-order chi connectivity index (χ1) is 33.5. The van der Waals surface area contributed by atoms with Crippen molar-refractivity contribution in [3.05, 3.63) is 186 Å². The van der Waals surface area contributed by atoms with Crippen LogP contribution in [0.5, 0.6) is 11.5 Å². The second-order valence-electron chi connectivity index (χ2n) is 20.2. The highest BCUT2D eigenvalue weighted by Gasteiger charge is 2.45. The van der Waals surface area contributed by atoms with E-state index in [-0.39, 0.29) is 18.9 Å². The third-order valence-corrected chi connectivity index (χ3v) is 17.1. The average molecular weight is 927 g/mol. The van der Waals surface area contributed by atoms with Crippen LogP contribution >= 0.6 is 22.7 Å². The summed E-state index contributed by atoms with van der Waals surface area (Å²) in [5.41, 5.74) is 20.6. The van der Waals surface area contributed by atoms with Crippen LogP contribution in [0.3, 0.4) is 0 Å². The Bertz CT molecular complexity index is 3970. The molecule has 69 heavy (non-hydrogen) atoms. The zero-order valence-corrected chi connectivity index (χ0v) is 41.0. The minimum absolute atomic E-state index is 0.0117. The smallest absolute Gasteiger partial charge is 0.252 e. The van der Waals surface area contributed by atoms with Crippen molar-refractivity contribution in [3.63, 3.8) is 0 Å². The molecule has 0 N–H and O–H groups in total. The molecule has 2 aromatic heterocycles. The second kappa shape index (κ2) is 14.8. The molecule has 0 radical (unpaired) electrons. The number of hydrogen-bond acceptors (Lipinski definition) is 6. The van der Waals surface area contributed by atoms with Crippen LogP contribution in [0.1, 0.15) is 43.0 Å². The molecular weight excluding hydrogens is 880 g/mol. The Morgan fingerprint density at radius 3 is 1.62 bits per heavy atom. The van der Waals surface area contributed by atoms with Crippen molar-refractivity contribution in [1.82, 2.24) is 0 Å². The van der Waals surface area contributed by atoms with Gasteiger partial charge in [-0.3, -0.25) is 0 Å². The Morgan fingerprint density at radius 2 is 0.986 bits per heavy atom. The quantitative estimate of drug-likeness (QED) is 0.164. The molecule has 3 aliphatic heterocycles. The fourth-order valence-electron chi connectivity index (χ4n) is 11.6. The molecule has 9 aromatic carbocycles. The summed E-state index contributed by atoms with van der Waals surface area (Å²) in [4.78, 5) is 5.06. The lowest BCUT2D eigenvalue weighted by Gasteiger charge is -2.45. The Labute approximate surface area is 410 Å². The van der Waals surface area contributed by atoms with E-state index in [1.807, 2.05) is 22.7 Å². The van der Waals surface area contributed by atoms with E-state index in [9.17, 15) is 0 Å². The van der Waals surface area contributed by atoms with Crippen molar-refractivity contribution in [2.24, 2.45) is 0 Å². The fraction of sp³-hybridized carbons (Fsp3) is 0.129. The average Bonchev–Trinajstić information content (AvgIpc) is 4.08. The molecule has 0 saturated heterocycles. The van der Waals surface area contributed by atoms with Crippen LogP contribution in [0.15, 0.2) is 164 Å². The lowest BCUT2D eigenvalue weighted by molar-refractivity contribution is 0.174. The summed E-state index contributed by atoms with van der Waals surface area (Å²) in [7, 11) is 0. The van der Waals surface area contributed by atoms with Gasteiger partial charge in [0.05, 0.1) is 5.69 Å². The van der Waals surface area contributed by atoms with Crippen molar-refractivity contribution in [2.45, 2.75) is 47.0 Å². The standard InChI is InChI=1S/C62H47BN2O2S2/c1-35-25-52-60-53(26-35)65(61-36(2)27-42(28-37(61)3)62(4,5)6)51-33-55-54(66-34-67-55)32-49(51)63(60)48-29-39(41-18-23-47-45-12-8-10-14-57(45)69-59(47)31-41)19-24-50(48)64(52)43-20-15-38(16-21-43)40-17-22-46-44-11-7-9-13-56(44)68-58(46)30-40/h7-33H,34H2,1-6H3. The zero-order valence-electron chi connectivity index (χ0n) is 39.4. The Balaban J connectivity index is 0.992. The van der Waals surface area contributed by atoms with Crippen LogP contribution in [0.4, 0.5) is 34.1 Å². The highest BCUT2D eigenvalue weighted by atomic mass is 32.1. The van der Waals surface area contributed by atoms with Crippen molar-refractivity contribution >= 4 is 120 Å². The van der Waals surface area contributed by atoms with Gasteiger partial charge >= 0.3 is 0 Å². The van der Waals surface area contributed by atoms with Crippen LogP contribution in [0.25, 0.3) is 62.6 Å². The molecule has 3 aliphatic rings. The minimum atomic E-state index is -0.0858. The van der Waals surface area contributed by atoms with Crippen LogP contribution in [0, 0.1) is 20.8 Å². The molecule has 14 rings (SSSR count). The van der Waals surface area contributed by atoms with Crippen LogP contribution in [-0.2, 0) is 5.41 Å². The number of hydrogen-bond donors (Lipinski definition) is 0. The van der Waals surface area contributed by atoms with Crippen molar-refractivity contribution < 1.29 is 9.47 Å². The number of anilines is 6. The van der Waals surface area contributed by atoms with E-state index < -0.39 is 0 Å². The molecule has 0 atom stereocenters. The van der Waals surface area contributed by atoms with Gasteiger partial charge in [0.25, 0.3) is 6.71 Å². The van der Waals surface area contributed by atoms with Crippen LogP contribution in [0.2, 0.25) is 0 Å². The highest BCUT2D eigenvalue weighted by Crippen LogP contribution is 2.50. The number of fused-ring (bicyclic) bond motifs is 11. The SMILES string of the molecule is Cc1cc2c3c(c1)N(c1c(C)cc(C(C)(C)C)cc1C)c1cc4c(cc1B3c1cc(-c3ccc5c(c3)sc3ccccc35)ccc1N2c1ccc(-c2ccc3c(c2)sc2ccccc23)cc1)OCO4. The fourth-order valence-corrected chi connectivity index (χ4v) is 13.9. The molecule has 4 nitrogen and oxygen atoms in total. The summed E-state index contributed by atoms with van der Waals surface area (Å²) in [6, 6.07) is 62.0. The summed E-state index contributed by atoms with van der Waals surface area (Å²) >= 11 is 3.74. The van der Waals surface area contributed by atoms with Crippen molar-refractivity contribution in [2.75, 3.05) is 16.6 Å². The number of aryl methyl sites for hydroxylation is 3. The summed E-state index contributed by atoms with van der Waals surface area (Å²) in [6.45, 7) is 13.8. The molecule has 332 valence electrons. The molecule has 7 heteroatoms. The lowest BCUT2D eigenvalue weighted by Crippen LogP contribution is -2.61. The summed E-state index contributed by atoms with van der Waals surface area (Å²) < 4.78 is 17.7. The van der Waals surface area contributed by atoms with E-state index in [0.717, 1.165) is 22.9 Å². The van der Waals surface area contributed by atoms with Crippen molar-refractivity contribution in [3.8, 4) is 33.8 Å². The van der Waals surface area contributed by atoms with Gasteiger partial charge in [-0.15, -0.1) is 22.7 Å². The third-order valence-electron chi connectivity index (χ3n) is 14.8. The van der Waals surface area contributed by atoms with Gasteiger partial charge in [0.1, 0.15) is 0 Å². The maximum Gasteiger partial charge on any atom is 0.252 e. The largest absolute Gasteiger partial charge is 0.454 e. The molecule has 0 unspecified atom stereocenters. The summed E-state index contributed by atoms with van der Waals surface area (Å²) in [5, 5.41) is 5.27. The van der Waals surface area contributed by atoms with Crippen LogP contribution < -0.4 is 35.7 Å². The second-order valence-corrected chi connectivity index (χ2v) is 22.4. The molecule has 0 fully saturated rings. The molecular formula is C62H47BN2O2S2. The Hall–Kier alpha value is -7.32. The number of benzene rings is 9. The maximum atomic E-state index is 6.23. The first-order valence-corrected chi connectivity index (χ1v) is 25.5. The van der Waals surface area contributed by atoms with Crippen LogP contribution in [-0.4, -0.2) is 13.5 Å². The van der Waals surface area contributed by atoms with Gasteiger partial charge < -0.3 is 19.3 Å². The third kappa shape index (κ3) is 6.19. The zero-order chi connectivity index (χ0) is 46.4. The molecule has 0 aliphatic carbocycles. The van der Waals surface area contributed by atoms with Gasteiger partial charge in [0.2, 0.25) is 6.79 Å². The first-order valence-electron chi connectivity index (χ1n) is 23.9. The Kier molecular flexibility index (Phi) is 8.76. The number of ether oxygens (including phenoxy) is 2. The topological polar surface area (TPSA) is 24.9 Å². The molecule has 0 spiro atoms. The highest BCUT2D eigenvalue weighted by molar-refractivity contribution is 7.26. The Morgan fingerprint density at radius 1 is 0.464 bits per heavy atom. The van der Waals surface area contributed by atoms with E-state index >= 15 is 0 Å². The minimum Gasteiger partial charge on any atom is -0.454 e. The van der Waals surface area contributed by atoms with Gasteiger partial charge in [-0.1, -0.05) is 118 Å². The molecule has 0 saturated carbocycles. The van der Waals surface area contributed by atoms with E-state index in [4.69, 9.17) is 9.47 Å². The van der Waals surface area contributed by atoms with Gasteiger partial charge in [-0.05, 0) is 148 Å². The van der Waals surface area contributed by atoms with Gasteiger partial charge in [-0.25, -0.2) is 0 Å². The van der Waals surface area contributed by atoms with E-state index in [2.05, 4.69) is 215 Å². The van der Waals surface area contributed by atoms with Gasteiger partial charge in [0.15, 0.2) is 11.5 Å². The normalized spacial score (nSPS) is 13.7. The predicted molar refractivity (Wildman–Crippen MR) is 296 cm³/mol. The molecule has 5 heterocycles. The van der Waals surface area contributed by atoms with E-state index in [1.54, 1.807) is 0 Å². The summed E-state index contributed by atoms with van der Waals surface area (Å²) in [5.74, 6) is 1.58. The monoisotopic (exact) mass is 926 g/mol. The first kappa shape index (κ1) is 40.7. The molecule has 0 amide bonds. The summed E-state index contributed by atoms with van der Waals surface area (Å²) in [6.07, 6.45) is 0. The molecule has 0 bridgehead atoms. The number of thiophene rings is 2. The predicted octanol–water partition coefficient (Wildman–Crippen LogP) is 15.8.